The molecular weight excluding hydrogens is 1010 g/mol. The molecule has 7 aromatic rings. The van der Waals surface area contributed by atoms with Crippen LogP contribution in [-0.2, 0) is 33.6 Å². The Morgan fingerprint density at radius 3 is 2.40 bits per heavy atom. The molecule has 6 heterocycles. The Morgan fingerprint density at radius 2 is 1.65 bits per heavy atom. The van der Waals surface area contributed by atoms with E-state index in [1.54, 1.807) is 18.3 Å². The molecule has 4 aromatic carbocycles. The number of benzene rings is 4. The minimum absolute atomic E-state index is 0.00571. The Hall–Kier alpha value is -6.01. The van der Waals surface area contributed by atoms with E-state index in [2.05, 4.69) is 56.8 Å². The van der Waals surface area contributed by atoms with E-state index < -0.39 is 32.1 Å². The van der Waals surface area contributed by atoms with Crippen molar-refractivity contribution in [2.45, 2.75) is 104 Å². The first kappa shape index (κ1) is 53.8. The number of carbonyl (C=O) groups excluding carboxylic acids is 1. The molecule has 0 aliphatic carbocycles. The summed E-state index contributed by atoms with van der Waals surface area (Å²) in [5, 5.41) is 1.04. The molecule has 2 atom stereocenters. The van der Waals surface area contributed by atoms with Crippen LogP contribution in [0, 0.1) is 12.7 Å². The molecule has 75 heavy (non-hydrogen) atoms. The molecule has 0 spiro atoms. The Balaban J connectivity index is 1.12. The van der Waals surface area contributed by atoms with Crippen LogP contribution in [0.25, 0.3) is 43.2 Å². The predicted octanol–water partition coefficient (Wildman–Crippen LogP) is 12.4. The lowest BCUT2D eigenvalue weighted by Gasteiger charge is -2.36. The largest absolute Gasteiger partial charge is 0.490 e. The van der Waals surface area contributed by atoms with Gasteiger partial charge in [0.05, 0.1) is 22.7 Å². The smallest absolute Gasteiger partial charge is 0.348 e. The van der Waals surface area contributed by atoms with E-state index in [4.69, 9.17) is 59.6 Å². The van der Waals surface area contributed by atoms with Gasteiger partial charge in [0.15, 0.2) is 14.1 Å². The fraction of sp³-hybridized carbons (Fsp3) is 0.397. The molecule has 0 amide bonds. The van der Waals surface area contributed by atoms with Crippen molar-refractivity contribution < 1.29 is 37.3 Å². The summed E-state index contributed by atoms with van der Waals surface area (Å²) in [4.78, 5) is 39.8. The molecule has 0 unspecified atom stereocenters. The number of halogens is 2. The number of rotatable bonds is 11. The second kappa shape index (κ2) is 22.3. The summed E-state index contributed by atoms with van der Waals surface area (Å²) in [5.74, 6) is 1.26. The van der Waals surface area contributed by atoms with Crippen molar-refractivity contribution in [1.29, 1.82) is 0 Å². The average molecular weight is 1070 g/mol. The van der Waals surface area contributed by atoms with Crippen LogP contribution in [0.15, 0.2) is 97.5 Å². The number of esters is 1. The van der Waals surface area contributed by atoms with Crippen LogP contribution >= 0.6 is 22.9 Å². The Morgan fingerprint density at radius 1 is 0.893 bits per heavy atom. The van der Waals surface area contributed by atoms with Gasteiger partial charge in [-0.25, -0.2) is 29.1 Å². The van der Waals surface area contributed by atoms with Crippen molar-refractivity contribution in [3.8, 4) is 56.1 Å². The minimum atomic E-state index is -2.04. The summed E-state index contributed by atoms with van der Waals surface area (Å²) in [5.41, 5.74) is 5.25. The van der Waals surface area contributed by atoms with Gasteiger partial charge in [0, 0.05) is 66.9 Å². The maximum Gasteiger partial charge on any atom is 0.348 e. The molecule has 3 aliphatic heterocycles. The number of aromatic nitrogens is 4. The lowest BCUT2D eigenvalue weighted by molar-refractivity contribution is -0.163. The molecule has 3 aromatic heterocycles. The van der Waals surface area contributed by atoms with E-state index in [1.165, 1.54) is 29.8 Å². The zero-order valence-corrected chi connectivity index (χ0v) is 47.0. The standard InChI is InChI=1S/C58H66ClFN6O7SSi/c1-36-44-20-22-47(51(36)59)71-43(31-66-27-25-65(8)26-28-66)34-68-42-19-21-46(69-33-41-23-24-61-53(64-41)45-14-12-11-13-38(45)32-70-75(9,10)58(5,6)7)39(29-42)30-48(56(67)73-57(2,3)4)72-54-50-49(44)52(74-55(50)63-35-62-54)37-15-17-40(60)18-16-37/h11-24,29,35,43,48H,25-28,30-34H2,1-10H3/t43-,48-/m1/s1. The summed E-state index contributed by atoms with van der Waals surface area (Å²) in [6, 6.07) is 25.6. The molecular formula is C58H66ClFN6O7SSi. The molecule has 4 bridgehead atoms. The van der Waals surface area contributed by atoms with Crippen LogP contribution in [0.4, 0.5) is 4.39 Å². The molecule has 0 N–H and O–H groups in total. The van der Waals surface area contributed by atoms with Crippen molar-refractivity contribution in [3.05, 3.63) is 131 Å². The highest BCUT2D eigenvalue weighted by Gasteiger charge is 2.37. The summed E-state index contributed by atoms with van der Waals surface area (Å²) in [7, 11) is 0.0870. The summed E-state index contributed by atoms with van der Waals surface area (Å²) >= 11 is 8.75. The van der Waals surface area contributed by atoms with Gasteiger partial charge in [0.25, 0.3) is 0 Å². The van der Waals surface area contributed by atoms with Gasteiger partial charge in [-0.15, -0.1) is 11.3 Å². The van der Waals surface area contributed by atoms with Gasteiger partial charge in [-0.1, -0.05) is 74.8 Å². The maximum atomic E-state index is 14.6. The summed E-state index contributed by atoms with van der Waals surface area (Å²) in [6.07, 6.45) is 1.47. The van der Waals surface area contributed by atoms with Gasteiger partial charge < -0.3 is 33.0 Å². The average Bonchev–Trinajstić information content (AvgIpc) is 3.76. The zero-order valence-electron chi connectivity index (χ0n) is 44.5. The SMILES string of the molecule is Cc1c2ccc(c1Cl)O[C@H](CN1CCN(C)CC1)COc1ccc(OCc3ccnc(-c4ccccc4CO[Si](C)(C)C(C)(C)C)n3)c(c1)C[C@H](C(=O)OC(C)(C)C)Oc1ncnc3sc(-c4ccc(F)cc4)c-2c13. The molecule has 17 heteroatoms. The van der Waals surface area contributed by atoms with Crippen LogP contribution in [0.3, 0.4) is 0 Å². The molecule has 394 valence electrons. The van der Waals surface area contributed by atoms with Gasteiger partial charge in [0.2, 0.25) is 12.0 Å². The molecule has 0 saturated carbocycles. The molecule has 1 saturated heterocycles. The summed E-state index contributed by atoms with van der Waals surface area (Å²) in [6.45, 7) is 23.5. The molecule has 1 fully saturated rings. The highest BCUT2D eigenvalue weighted by atomic mass is 35.5. The number of thiophene rings is 1. The van der Waals surface area contributed by atoms with Gasteiger partial charge >= 0.3 is 5.97 Å². The number of hydrogen-bond acceptors (Lipinski definition) is 14. The van der Waals surface area contributed by atoms with E-state index in [-0.39, 0.29) is 36.4 Å². The highest BCUT2D eigenvalue weighted by Crippen LogP contribution is 2.50. The van der Waals surface area contributed by atoms with Crippen LogP contribution in [0.2, 0.25) is 23.2 Å². The lowest BCUT2D eigenvalue weighted by Crippen LogP contribution is -2.49. The monoisotopic (exact) mass is 1070 g/mol. The van der Waals surface area contributed by atoms with E-state index >= 15 is 0 Å². The normalized spacial score (nSPS) is 17.0. The maximum absolute atomic E-state index is 14.6. The Labute approximate surface area is 449 Å². The number of hydrogen-bond donors (Lipinski definition) is 0. The number of nitrogens with zero attached hydrogens (tertiary/aromatic N) is 6. The van der Waals surface area contributed by atoms with Crippen molar-refractivity contribution in [2.24, 2.45) is 0 Å². The molecule has 10 rings (SSSR count). The van der Waals surface area contributed by atoms with Gasteiger partial charge in [0.1, 0.15) is 59.1 Å². The third kappa shape index (κ3) is 12.6. The van der Waals surface area contributed by atoms with Gasteiger partial charge in [-0.05, 0) is 118 Å². The predicted molar refractivity (Wildman–Crippen MR) is 296 cm³/mol. The molecule has 0 radical (unpaired) electrons. The first-order chi connectivity index (χ1) is 35.7. The number of fused-ring (bicyclic) bond motifs is 7. The number of carbonyl (C=O) groups is 1. The van der Waals surface area contributed by atoms with E-state index in [0.29, 0.717) is 68.3 Å². The van der Waals surface area contributed by atoms with Crippen molar-refractivity contribution in [3.63, 3.8) is 0 Å². The molecule has 13 nitrogen and oxygen atoms in total. The van der Waals surface area contributed by atoms with Crippen LogP contribution in [0.5, 0.6) is 23.1 Å². The van der Waals surface area contributed by atoms with Crippen molar-refractivity contribution >= 4 is 47.4 Å². The second-order valence-corrected chi connectivity index (χ2v) is 28.0. The highest BCUT2D eigenvalue weighted by molar-refractivity contribution is 7.22. The third-order valence-corrected chi connectivity index (χ3v) is 20.2. The Kier molecular flexibility index (Phi) is 16.0. The van der Waals surface area contributed by atoms with Crippen molar-refractivity contribution in [2.75, 3.05) is 46.4 Å². The van der Waals surface area contributed by atoms with E-state index in [0.717, 1.165) is 58.9 Å². The first-order valence-electron chi connectivity index (χ1n) is 25.4. The topological polar surface area (TPSA) is 130 Å². The Bertz CT molecular complexity index is 3170. The minimum Gasteiger partial charge on any atom is -0.490 e. The fourth-order valence-electron chi connectivity index (χ4n) is 8.81. The van der Waals surface area contributed by atoms with E-state index in [1.807, 2.05) is 82.3 Å². The fourth-order valence-corrected chi connectivity index (χ4v) is 11.1. The van der Waals surface area contributed by atoms with Crippen LogP contribution in [-0.4, -0.2) is 108 Å². The van der Waals surface area contributed by atoms with Gasteiger partial charge in [-0.3, -0.25) is 4.90 Å². The van der Waals surface area contributed by atoms with Crippen molar-refractivity contribution in [1.82, 2.24) is 29.7 Å². The third-order valence-electron chi connectivity index (χ3n) is 14.1. The number of likely N-dealkylation sites (N-methyl/N-ethyl adjacent to an activating group) is 1. The number of ether oxygens (including phenoxy) is 5. The zero-order chi connectivity index (χ0) is 53.2. The van der Waals surface area contributed by atoms with Crippen LogP contribution in [0.1, 0.15) is 63.9 Å². The lowest BCUT2D eigenvalue weighted by atomic mass is 9.96. The quantitative estimate of drug-likeness (QED) is 0.0900. The van der Waals surface area contributed by atoms with Crippen LogP contribution < -0.4 is 18.9 Å². The van der Waals surface area contributed by atoms with Gasteiger partial charge in [-0.2, -0.15) is 0 Å². The summed E-state index contributed by atoms with van der Waals surface area (Å²) < 4.78 is 54.2. The number of piperazine rings is 1. The van der Waals surface area contributed by atoms with E-state index in [9.17, 15) is 9.18 Å². The second-order valence-electron chi connectivity index (χ2n) is 21.9. The molecule has 3 aliphatic rings. The first-order valence-corrected chi connectivity index (χ1v) is 29.5.